The van der Waals surface area contributed by atoms with Crippen molar-refractivity contribution in [2.75, 3.05) is 26.9 Å². The monoisotopic (exact) mass is 212 g/mol. The second kappa shape index (κ2) is 4.26. The molecular formula is C9H16N4O2. The molecule has 0 saturated carbocycles. The zero-order chi connectivity index (χ0) is 10.7. The Balaban J connectivity index is 2.16. The average molecular weight is 212 g/mol. The van der Waals surface area contributed by atoms with Gasteiger partial charge in [-0.3, -0.25) is 0 Å². The van der Waals surface area contributed by atoms with Crippen molar-refractivity contribution in [2.24, 2.45) is 5.73 Å². The Morgan fingerprint density at radius 1 is 1.73 bits per heavy atom. The SMILES string of the molecule is COCCn1cnnc1C1(N)CCOC1. The maximum absolute atomic E-state index is 6.21. The van der Waals surface area contributed by atoms with Gasteiger partial charge in [-0.05, 0) is 6.42 Å². The lowest BCUT2D eigenvalue weighted by molar-refractivity contribution is 0.169. The molecule has 6 heteroatoms. The summed E-state index contributed by atoms with van der Waals surface area (Å²) in [6, 6.07) is 0. The number of nitrogens with zero attached hydrogens (tertiary/aromatic N) is 3. The first kappa shape index (κ1) is 10.5. The quantitative estimate of drug-likeness (QED) is 0.728. The zero-order valence-corrected chi connectivity index (χ0v) is 8.85. The van der Waals surface area contributed by atoms with Gasteiger partial charge in [-0.1, -0.05) is 0 Å². The first-order chi connectivity index (χ1) is 7.26. The highest BCUT2D eigenvalue weighted by molar-refractivity contribution is 5.07. The number of rotatable bonds is 4. The van der Waals surface area contributed by atoms with Crippen LogP contribution in [-0.4, -0.2) is 41.7 Å². The molecule has 1 atom stereocenters. The van der Waals surface area contributed by atoms with Gasteiger partial charge in [0.15, 0.2) is 5.82 Å². The van der Waals surface area contributed by atoms with Crippen LogP contribution in [0.3, 0.4) is 0 Å². The Morgan fingerprint density at radius 2 is 2.60 bits per heavy atom. The van der Waals surface area contributed by atoms with Gasteiger partial charge < -0.3 is 19.8 Å². The van der Waals surface area contributed by atoms with E-state index in [0.717, 1.165) is 18.8 Å². The predicted molar refractivity (Wildman–Crippen MR) is 53.2 cm³/mol. The van der Waals surface area contributed by atoms with Crippen molar-refractivity contribution in [1.82, 2.24) is 14.8 Å². The van der Waals surface area contributed by atoms with E-state index in [1.165, 1.54) is 0 Å². The van der Waals surface area contributed by atoms with Gasteiger partial charge in [-0.25, -0.2) is 0 Å². The van der Waals surface area contributed by atoms with Gasteiger partial charge >= 0.3 is 0 Å². The molecule has 15 heavy (non-hydrogen) atoms. The van der Waals surface area contributed by atoms with Crippen LogP contribution in [0.2, 0.25) is 0 Å². The fourth-order valence-corrected chi connectivity index (χ4v) is 1.75. The molecule has 2 N–H and O–H groups in total. The number of aromatic nitrogens is 3. The summed E-state index contributed by atoms with van der Waals surface area (Å²) in [5.74, 6) is 0.789. The summed E-state index contributed by atoms with van der Waals surface area (Å²) in [7, 11) is 1.67. The molecule has 0 aliphatic carbocycles. The molecule has 0 amide bonds. The molecular weight excluding hydrogens is 196 g/mol. The first-order valence-corrected chi connectivity index (χ1v) is 5.00. The number of hydrogen-bond acceptors (Lipinski definition) is 5. The van der Waals surface area contributed by atoms with Crippen molar-refractivity contribution in [3.05, 3.63) is 12.2 Å². The van der Waals surface area contributed by atoms with Crippen molar-refractivity contribution < 1.29 is 9.47 Å². The minimum absolute atomic E-state index is 0.482. The van der Waals surface area contributed by atoms with Crippen LogP contribution in [-0.2, 0) is 21.6 Å². The van der Waals surface area contributed by atoms with Crippen LogP contribution in [0.4, 0.5) is 0 Å². The molecule has 1 aliphatic heterocycles. The van der Waals surface area contributed by atoms with E-state index in [1.807, 2.05) is 4.57 Å². The molecule has 84 valence electrons. The lowest BCUT2D eigenvalue weighted by Gasteiger charge is -2.21. The van der Waals surface area contributed by atoms with Crippen molar-refractivity contribution in [1.29, 1.82) is 0 Å². The maximum atomic E-state index is 6.21. The molecule has 0 aromatic carbocycles. The molecule has 1 unspecified atom stereocenters. The third kappa shape index (κ3) is 2.01. The van der Waals surface area contributed by atoms with E-state index in [9.17, 15) is 0 Å². The van der Waals surface area contributed by atoms with Gasteiger partial charge in [-0.2, -0.15) is 0 Å². The number of methoxy groups -OCH3 is 1. The number of ether oxygens (including phenoxy) is 2. The van der Waals surface area contributed by atoms with Gasteiger partial charge in [0.25, 0.3) is 0 Å². The van der Waals surface area contributed by atoms with Gasteiger partial charge in [0.1, 0.15) is 11.9 Å². The van der Waals surface area contributed by atoms with E-state index in [2.05, 4.69) is 10.2 Å². The Hall–Kier alpha value is -0.980. The largest absolute Gasteiger partial charge is 0.383 e. The third-order valence-corrected chi connectivity index (χ3v) is 2.65. The van der Waals surface area contributed by atoms with Crippen LogP contribution in [0.15, 0.2) is 6.33 Å². The Bertz CT molecular complexity index is 320. The lowest BCUT2D eigenvalue weighted by atomic mass is 9.99. The molecule has 1 fully saturated rings. The van der Waals surface area contributed by atoms with Crippen molar-refractivity contribution >= 4 is 0 Å². The van der Waals surface area contributed by atoms with Crippen molar-refractivity contribution in [3.63, 3.8) is 0 Å². The summed E-state index contributed by atoms with van der Waals surface area (Å²) in [5.41, 5.74) is 5.73. The molecule has 2 rings (SSSR count). The van der Waals surface area contributed by atoms with E-state index in [1.54, 1.807) is 13.4 Å². The van der Waals surface area contributed by atoms with E-state index in [0.29, 0.717) is 19.8 Å². The number of nitrogens with two attached hydrogens (primary N) is 1. The summed E-state index contributed by atoms with van der Waals surface area (Å²) in [6.45, 7) is 2.55. The minimum atomic E-state index is -0.482. The topological polar surface area (TPSA) is 75.2 Å². The summed E-state index contributed by atoms with van der Waals surface area (Å²) in [4.78, 5) is 0. The van der Waals surface area contributed by atoms with Crippen molar-refractivity contribution in [3.8, 4) is 0 Å². The second-order valence-corrected chi connectivity index (χ2v) is 3.80. The Kier molecular flexibility index (Phi) is 2.99. The zero-order valence-electron chi connectivity index (χ0n) is 8.85. The lowest BCUT2D eigenvalue weighted by Crippen LogP contribution is -2.40. The molecule has 6 nitrogen and oxygen atoms in total. The molecule has 1 aliphatic rings. The summed E-state index contributed by atoms with van der Waals surface area (Å²) in [6.07, 6.45) is 2.47. The van der Waals surface area contributed by atoms with E-state index >= 15 is 0 Å². The van der Waals surface area contributed by atoms with Crippen LogP contribution >= 0.6 is 0 Å². The second-order valence-electron chi connectivity index (χ2n) is 3.80. The molecule has 0 radical (unpaired) electrons. The summed E-state index contributed by atoms with van der Waals surface area (Å²) in [5, 5.41) is 7.96. The third-order valence-electron chi connectivity index (χ3n) is 2.65. The fraction of sp³-hybridized carbons (Fsp3) is 0.778. The van der Waals surface area contributed by atoms with Crippen molar-refractivity contribution in [2.45, 2.75) is 18.5 Å². The van der Waals surface area contributed by atoms with Crippen LogP contribution in [0, 0.1) is 0 Å². The maximum Gasteiger partial charge on any atom is 0.155 e. The predicted octanol–water partition coefficient (Wildman–Crippen LogP) is -0.501. The van der Waals surface area contributed by atoms with Crippen LogP contribution in [0.25, 0.3) is 0 Å². The molecule has 1 aromatic heterocycles. The van der Waals surface area contributed by atoms with Crippen LogP contribution in [0.5, 0.6) is 0 Å². The van der Waals surface area contributed by atoms with Gasteiger partial charge in [-0.15, -0.1) is 10.2 Å². The van der Waals surface area contributed by atoms with Gasteiger partial charge in [0.2, 0.25) is 0 Å². The summed E-state index contributed by atoms with van der Waals surface area (Å²) < 4.78 is 12.3. The first-order valence-electron chi connectivity index (χ1n) is 5.00. The molecule has 1 saturated heterocycles. The van der Waals surface area contributed by atoms with Gasteiger partial charge in [0, 0.05) is 20.3 Å². The summed E-state index contributed by atoms with van der Waals surface area (Å²) >= 11 is 0. The average Bonchev–Trinajstić information content (AvgIpc) is 2.84. The standard InChI is InChI=1S/C9H16N4O2/c1-14-5-3-13-7-11-12-8(13)9(10)2-4-15-6-9/h7H,2-6,10H2,1H3. The normalized spacial score (nSPS) is 26.0. The van der Waals surface area contributed by atoms with E-state index in [-0.39, 0.29) is 0 Å². The molecule has 1 aromatic rings. The van der Waals surface area contributed by atoms with E-state index in [4.69, 9.17) is 15.2 Å². The highest BCUT2D eigenvalue weighted by Gasteiger charge is 2.36. The van der Waals surface area contributed by atoms with Gasteiger partial charge in [0.05, 0.1) is 13.2 Å². The van der Waals surface area contributed by atoms with Crippen LogP contribution in [0.1, 0.15) is 12.2 Å². The highest BCUT2D eigenvalue weighted by Crippen LogP contribution is 2.25. The molecule has 2 heterocycles. The minimum Gasteiger partial charge on any atom is -0.383 e. The molecule has 0 spiro atoms. The molecule has 0 bridgehead atoms. The van der Waals surface area contributed by atoms with E-state index < -0.39 is 5.54 Å². The Labute approximate surface area is 88.4 Å². The fourth-order valence-electron chi connectivity index (χ4n) is 1.75. The Morgan fingerprint density at radius 3 is 3.27 bits per heavy atom. The van der Waals surface area contributed by atoms with Crippen LogP contribution < -0.4 is 5.73 Å². The smallest absolute Gasteiger partial charge is 0.155 e. The number of hydrogen-bond donors (Lipinski definition) is 1. The highest BCUT2D eigenvalue weighted by atomic mass is 16.5.